The van der Waals surface area contributed by atoms with Gasteiger partial charge in [-0.1, -0.05) is 0 Å². The van der Waals surface area contributed by atoms with Crippen LogP contribution in [0.15, 0.2) is 0 Å². The summed E-state index contributed by atoms with van der Waals surface area (Å²) in [4.78, 5) is 14.0. The number of hydrogen-bond donors (Lipinski definition) is 1. The molecule has 106 valence electrons. The first-order valence-corrected chi connectivity index (χ1v) is 6.97. The van der Waals surface area contributed by atoms with E-state index in [2.05, 4.69) is 0 Å². The highest BCUT2D eigenvalue weighted by molar-refractivity contribution is 5.68. The van der Waals surface area contributed by atoms with Crippen molar-refractivity contribution in [3.63, 3.8) is 0 Å². The Bertz CT molecular complexity index is 271. The molecule has 1 saturated heterocycles. The molecule has 0 bridgehead atoms. The third-order valence-electron chi connectivity index (χ3n) is 3.17. The summed E-state index contributed by atoms with van der Waals surface area (Å²) in [6.45, 7) is 8.24. The van der Waals surface area contributed by atoms with Crippen molar-refractivity contribution in [1.29, 1.82) is 0 Å². The lowest BCUT2D eigenvalue weighted by molar-refractivity contribution is 0.00712. The quantitative estimate of drug-likeness (QED) is 0.845. The fourth-order valence-corrected chi connectivity index (χ4v) is 2.30. The highest BCUT2D eigenvalue weighted by Gasteiger charge is 2.30. The zero-order chi connectivity index (χ0) is 13.8. The lowest BCUT2D eigenvalue weighted by atomic mass is 9.97. The van der Waals surface area contributed by atoms with Crippen molar-refractivity contribution in [3.05, 3.63) is 0 Å². The van der Waals surface area contributed by atoms with Gasteiger partial charge in [-0.05, 0) is 59.8 Å². The smallest absolute Gasteiger partial charge is 0.410 e. The van der Waals surface area contributed by atoms with Crippen molar-refractivity contribution in [1.82, 2.24) is 4.90 Å². The third-order valence-corrected chi connectivity index (χ3v) is 3.17. The second-order valence-electron chi connectivity index (χ2n) is 6.25. The van der Waals surface area contributed by atoms with Crippen LogP contribution < -0.4 is 0 Å². The molecule has 0 aromatic rings. The largest absolute Gasteiger partial charge is 0.444 e. The van der Waals surface area contributed by atoms with Gasteiger partial charge in [0.15, 0.2) is 0 Å². The number of nitrogens with zero attached hydrogens (tertiary/aromatic N) is 1. The summed E-state index contributed by atoms with van der Waals surface area (Å²) in [5, 5.41) is 9.36. The van der Waals surface area contributed by atoms with Crippen LogP contribution in [0.25, 0.3) is 0 Å². The summed E-state index contributed by atoms with van der Waals surface area (Å²) in [5.74, 6) is 0. The Morgan fingerprint density at radius 2 is 2.11 bits per heavy atom. The van der Waals surface area contributed by atoms with Gasteiger partial charge in [-0.2, -0.15) is 0 Å². The molecule has 1 N–H and O–H groups in total. The van der Waals surface area contributed by atoms with Crippen LogP contribution in [0.3, 0.4) is 0 Å². The normalized spacial score (nSPS) is 22.7. The molecule has 1 rings (SSSR count). The number of carbonyl (C=O) groups is 1. The molecule has 0 spiro atoms. The Kier molecular flexibility index (Phi) is 5.45. The van der Waals surface area contributed by atoms with Crippen LogP contribution in [-0.4, -0.2) is 40.4 Å². The number of amides is 1. The van der Waals surface area contributed by atoms with E-state index >= 15 is 0 Å². The molecule has 1 heterocycles. The van der Waals surface area contributed by atoms with Crippen LogP contribution in [0.2, 0.25) is 0 Å². The number of piperidine rings is 1. The summed E-state index contributed by atoms with van der Waals surface area (Å²) in [5.41, 5.74) is -0.441. The maximum atomic E-state index is 12.1. The van der Waals surface area contributed by atoms with E-state index in [-0.39, 0.29) is 18.2 Å². The topological polar surface area (TPSA) is 49.8 Å². The van der Waals surface area contributed by atoms with E-state index in [0.717, 1.165) is 38.6 Å². The van der Waals surface area contributed by atoms with Crippen LogP contribution in [0.4, 0.5) is 4.79 Å². The van der Waals surface area contributed by atoms with Crippen molar-refractivity contribution in [2.75, 3.05) is 6.54 Å². The van der Waals surface area contributed by atoms with Crippen molar-refractivity contribution in [2.45, 2.75) is 77.5 Å². The van der Waals surface area contributed by atoms with E-state index in [1.807, 2.05) is 25.7 Å². The summed E-state index contributed by atoms with van der Waals surface area (Å²) in [6, 6.07) is 0.225. The van der Waals surface area contributed by atoms with Crippen molar-refractivity contribution in [3.8, 4) is 0 Å². The van der Waals surface area contributed by atoms with Crippen molar-refractivity contribution >= 4 is 6.09 Å². The zero-order valence-corrected chi connectivity index (χ0v) is 12.1. The number of hydrogen-bond acceptors (Lipinski definition) is 3. The van der Waals surface area contributed by atoms with E-state index in [9.17, 15) is 9.90 Å². The fraction of sp³-hybridized carbons (Fsp3) is 0.929. The van der Waals surface area contributed by atoms with Crippen LogP contribution in [0.1, 0.15) is 59.8 Å². The highest BCUT2D eigenvalue weighted by atomic mass is 16.6. The molecule has 1 unspecified atom stereocenters. The van der Waals surface area contributed by atoms with Gasteiger partial charge >= 0.3 is 6.09 Å². The lowest BCUT2D eigenvalue weighted by Gasteiger charge is -2.37. The fourth-order valence-electron chi connectivity index (χ4n) is 2.30. The number of carbonyl (C=O) groups excluding carboxylic acids is 1. The minimum Gasteiger partial charge on any atom is -0.444 e. The number of ether oxygens (including phenoxy) is 1. The molecule has 1 fully saturated rings. The predicted molar refractivity (Wildman–Crippen MR) is 71.5 cm³/mol. The first kappa shape index (κ1) is 15.3. The molecule has 1 amide bonds. The molecular formula is C14H27NO3. The number of aliphatic hydroxyl groups excluding tert-OH is 1. The van der Waals surface area contributed by atoms with E-state index in [0.29, 0.717) is 0 Å². The third kappa shape index (κ3) is 5.25. The van der Waals surface area contributed by atoms with E-state index in [1.54, 1.807) is 6.92 Å². The van der Waals surface area contributed by atoms with Crippen molar-refractivity contribution < 1.29 is 14.6 Å². The predicted octanol–water partition coefficient (Wildman–Crippen LogP) is 2.94. The summed E-state index contributed by atoms with van der Waals surface area (Å²) >= 11 is 0. The molecule has 1 aliphatic rings. The minimum absolute atomic E-state index is 0.210. The van der Waals surface area contributed by atoms with Crippen LogP contribution in [-0.2, 0) is 4.74 Å². The van der Waals surface area contributed by atoms with Crippen molar-refractivity contribution in [2.24, 2.45) is 0 Å². The van der Waals surface area contributed by atoms with Gasteiger partial charge < -0.3 is 14.7 Å². The highest BCUT2D eigenvalue weighted by Crippen LogP contribution is 2.23. The van der Waals surface area contributed by atoms with Gasteiger partial charge in [0.2, 0.25) is 0 Å². The SMILES string of the molecule is C[C@@H](O)CCC1CCCCN1C(=O)OC(C)(C)C. The van der Waals surface area contributed by atoms with E-state index in [1.165, 1.54) is 0 Å². The Balaban J connectivity index is 2.55. The molecule has 0 aromatic heterocycles. The monoisotopic (exact) mass is 257 g/mol. The number of rotatable bonds is 3. The molecule has 1 aliphatic heterocycles. The Morgan fingerprint density at radius 1 is 1.44 bits per heavy atom. The maximum absolute atomic E-state index is 12.1. The van der Waals surface area contributed by atoms with E-state index in [4.69, 9.17) is 4.74 Å². The van der Waals surface area contributed by atoms with Crippen LogP contribution >= 0.6 is 0 Å². The first-order valence-electron chi connectivity index (χ1n) is 6.97. The van der Waals surface area contributed by atoms with Gasteiger partial charge in [-0.15, -0.1) is 0 Å². The Hall–Kier alpha value is -0.770. The number of likely N-dealkylation sites (tertiary alicyclic amines) is 1. The van der Waals surface area contributed by atoms with Gasteiger partial charge in [-0.25, -0.2) is 4.79 Å². The lowest BCUT2D eigenvalue weighted by Crippen LogP contribution is -2.46. The van der Waals surface area contributed by atoms with Crippen LogP contribution in [0, 0.1) is 0 Å². The molecule has 0 aliphatic carbocycles. The second kappa shape index (κ2) is 6.41. The Morgan fingerprint density at radius 3 is 2.67 bits per heavy atom. The number of aliphatic hydroxyl groups is 1. The second-order valence-corrected chi connectivity index (χ2v) is 6.25. The van der Waals surface area contributed by atoms with E-state index < -0.39 is 5.60 Å². The van der Waals surface area contributed by atoms with Gasteiger partial charge in [0.25, 0.3) is 0 Å². The van der Waals surface area contributed by atoms with Crippen LogP contribution in [0.5, 0.6) is 0 Å². The molecule has 18 heavy (non-hydrogen) atoms. The van der Waals surface area contributed by atoms with Gasteiger partial charge in [0.05, 0.1) is 6.10 Å². The minimum atomic E-state index is -0.441. The molecule has 0 saturated carbocycles. The molecule has 0 radical (unpaired) electrons. The maximum Gasteiger partial charge on any atom is 0.410 e. The first-order chi connectivity index (χ1) is 8.29. The average Bonchev–Trinajstić information content (AvgIpc) is 2.24. The molecular weight excluding hydrogens is 230 g/mol. The molecule has 4 nitrogen and oxygen atoms in total. The van der Waals surface area contributed by atoms with Gasteiger partial charge in [-0.3, -0.25) is 0 Å². The summed E-state index contributed by atoms with van der Waals surface area (Å²) < 4.78 is 5.44. The molecule has 4 heteroatoms. The van der Waals surface area contributed by atoms with Gasteiger partial charge in [0, 0.05) is 12.6 Å². The summed E-state index contributed by atoms with van der Waals surface area (Å²) in [7, 11) is 0. The standard InChI is InChI=1S/C14H27NO3/c1-11(16)8-9-12-7-5-6-10-15(12)13(17)18-14(2,3)4/h11-12,16H,5-10H2,1-4H3/t11-,12?/m1/s1. The average molecular weight is 257 g/mol. The summed E-state index contributed by atoms with van der Waals surface area (Å²) in [6.07, 6.45) is 4.31. The molecule has 0 aromatic carbocycles. The van der Waals surface area contributed by atoms with Gasteiger partial charge in [0.1, 0.15) is 5.60 Å². The molecule has 2 atom stereocenters. The Labute approximate surface area is 110 Å². The zero-order valence-electron chi connectivity index (χ0n) is 12.1.